The Labute approximate surface area is 152 Å². The Morgan fingerprint density at radius 2 is 2.04 bits per heavy atom. The third-order valence-electron chi connectivity index (χ3n) is 4.76. The summed E-state index contributed by atoms with van der Waals surface area (Å²) in [7, 11) is 0. The van der Waals surface area contributed by atoms with Gasteiger partial charge in [-0.2, -0.15) is 5.10 Å². The molecule has 2 heterocycles. The van der Waals surface area contributed by atoms with Crippen LogP contribution in [0.3, 0.4) is 0 Å². The predicted octanol–water partition coefficient (Wildman–Crippen LogP) is 2.84. The van der Waals surface area contributed by atoms with E-state index in [1.165, 1.54) is 17.5 Å². The van der Waals surface area contributed by atoms with Crippen LogP contribution in [-0.4, -0.2) is 25.7 Å². The molecule has 6 heteroatoms. The van der Waals surface area contributed by atoms with Gasteiger partial charge in [0.1, 0.15) is 5.69 Å². The Hall–Kier alpha value is -3.02. The maximum Gasteiger partial charge on any atom is 0.271 e. The van der Waals surface area contributed by atoms with E-state index in [9.17, 15) is 4.79 Å². The maximum absolute atomic E-state index is 12.5. The van der Waals surface area contributed by atoms with Crippen molar-refractivity contribution in [3.8, 4) is 0 Å². The van der Waals surface area contributed by atoms with Crippen LogP contribution in [0.1, 0.15) is 51.9 Å². The summed E-state index contributed by atoms with van der Waals surface area (Å²) in [5.74, 6) is -0.189. The molecule has 132 valence electrons. The number of amides is 1. The zero-order valence-corrected chi connectivity index (χ0v) is 14.7. The third kappa shape index (κ3) is 3.35. The van der Waals surface area contributed by atoms with E-state index in [2.05, 4.69) is 37.2 Å². The molecule has 0 spiro atoms. The molecule has 0 fully saturated rings. The van der Waals surface area contributed by atoms with E-state index in [0.717, 1.165) is 37.1 Å². The molecule has 2 aromatic heterocycles. The highest BCUT2D eigenvalue weighted by Crippen LogP contribution is 2.30. The molecule has 0 aliphatic heterocycles. The largest absolute Gasteiger partial charge is 0.344 e. The average Bonchev–Trinajstić information content (AvgIpc) is 3.07. The number of rotatable bonds is 4. The lowest BCUT2D eigenvalue weighted by molar-refractivity contribution is 0.0927. The summed E-state index contributed by atoms with van der Waals surface area (Å²) in [5, 5.41) is 7.67. The monoisotopic (exact) mass is 347 g/mol. The summed E-state index contributed by atoms with van der Waals surface area (Å²) in [6.45, 7) is 2.60. The molecule has 1 aliphatic rings. The first kappa shape index (κ1) is 16.4. The fourth-order valence-electron chi connectivity index (χ4n) is 3.40. The Bertz CT molecular complexity index is 902. The van der Waals surface area contributed by atoms with Gasteiger partial charge in [-0.25, -0.2) is 4.98 Å². The smallest absolute Gasteiger partial charge is 0.271 e. The molecule has 0 saturated heterocycles. The maximum atomic E-state index is 12.5. The number of nitrogens with zero attached hydrogens (tertiary/aromatic N) is 4. The summed E-state index contributed by atoms with van der Waals surface area (Å²) >= 11 is 0. The molecule has 4 rings (SSSR count). The van der Waals surface area contributed by atoms with Crippen LogP contribution in [-0.2, 0) is 13.0 Å². The first-order valence-electron chi connectivity index (χ1n) is 8.89. The Balaban J connectivity index is 1.52. The molecule has 0 bridgehead atoms. The SMILES string of the molecule is Cc1cnc(C(=O)NC2CCCc3c2cnn3Cc2ccccc2)cn1. The minimum Gasteiger partial charge on any atom is -0.344 e. The zero-order chi connectivity index (χ0) is 17.9. The lowest BCUT2D eigenvalue weighted by Crippen LogP contribution is -2.31. The number of fused-ring (bicyclic) bond motifs is 1. The van der Waals surface area contributed by atoms with Crippen LogP contribution in [0.15, 0.2) is 48.9 Å². The highest BCUT2D eigenvalue weighted by atomic mass is 16.1. The van der Waals surface area contributed by atoms with Crippen molar-refractivity contribution in [1.82, 2.24) is 25.1 Å². The summed E-state index contributed by atoms with van der Waals surface area (Å²) in [5.41, 5.74) is 4.68. The first-order valence-corrected chi connectivity index (χ1v) is 8.89. The molecule has 1 unspecified atom stereocenters. The van der Waals surface area contributed by atoms with E-state index in [0.29, 0.717) is 5.69 Å². The number of nitrogens with one attached hydrogen (secondary N) is 1. The second-order valence-electron chi connectivity index (χ2n) is 6.65. The van der Waals surface area contributed by atoms with E-state index in [-0.39, 0.29) is 11.9 Å². The Kier molecular flexibility index (Phi) is 4.48. The van der Waals surface area contributed by atoms with Gasteiger partial charge in [0.2, 0.25) is 0 Å². The Morgan fingerprint density at radius 1 is 1.19 bits per heavy atom. The van der Waals surface area contributed by atoms with Crippen LogP contribution >= 0.6 is 0 Å². The summed E-state index contributed by atoms with van der Waals surface area (Å²) < 4.78 is 2.05. The van der Waals surface area contributed by atoms with Crippen LogP contribution < -0.4 is 5.32 Å². The van der Waals surface area contributed by atoms with Crippen molar-refractivity contribution in [2.24, 2.45) is 0 Å². The molecule has 0 radical (unpaired) electrons. The van der Waals surface area contributed by atoms with Crippen molar-refractivity contribution in [1.29, 1.82) is 0 Å². The van der Waals surface area contributed by atoms with Crippen molar-refractivity contribution >= 4 is 5.91 Å². The fraction of sp³-hybridized carbons (Fsp3) is 0.300. The Morgan fingerprint density at radius 3 is 2.81 bits per heavy atom. The van der Waals surface area contributed by atoms with Gasteiger partial charge in [-0.15, -0.1) is 0 Å². The second kappa shape index (κ2) is 7.07. The summed E-state index contributed by atoms with van der Waals surface area (Å²) in [6, 6.07) is 10.3. The van der Waals surface area contributed by atoms with Crippen molar-refractivity contribution < 1.29 is 4.79 Å². The van der Waals surface area contributed by atoms with Gasteiger partial charge in [0.15, 0.2) is 0 Å². The number of carbonyl (C=O) groups excluding carboxylic acids is 1. The third-order valence-corrected chi connectivity index (χ3v) is 4.76. The van der Waals surface area contributed by atoms with Crippen molar-refractivity contribution in [2.45, 2.75) is 38.8 Å². The number of hydrogen-bond acceptors (Lipinski definition) is 4. The quantitative estimate of drug-likeness (QED) is 0.788. The number of aryl methyl sites for hydroxylation is 1. The van der Waals surface area contributed by atoms with Gasteiger partial charge in [-0.1, -0.05) is 30.3 Å². The van der Waals surface area contributed by atoms with Gasteiger partial charge >= 0.3 is 0 Å². The van der Waals surface area contributed by atoms with Gasteiger partial charge in [0.05, 0.1) is 30.7 Å². The molecule has 0 saturated carbocycles. The fourth-order valence-corrected chi connectivity index (χ4v) is 3.40. The normalized spacial score (nSPS) is 16.1. The predicted molar refractivity (Wildman–Crippen MR) is 97.7 cm³/mol. The van der Waals surface area contributed by atoms with Gasteiger partial charge in [-0.05, 0) is 31.7 Å². The van der Waals surface area contributed by atoms with Crippen molar-refractivity contribution in [3.63, 3.8) is 0 Å². The molecule has 3 aromatic rings. The molecule has 1 aliphatic carbocycles. The molecular formula is C20H21N5O. The highest BCUT2D eigenvalue weighted by molar-refractivity contribution is 5.92. The molecule has 1 atom stereocenters. The van der Waals surface area contributed by atoms with Gasteiger partial charge in [0.25, 0.3) is 5.91 Å². The minimum absolute atomic E-state index is 0.0288. The van der Waals surface area contributed by atoms with Gasteiger partial charge in [-0.3, -0.25) is 14.5 Å². The molecular weight excluding hydrogens is 326 g/mol. The van der Waals surface area contributed by atoms with Crippen LogP contribution in [0.25, 0.3) is 0 Å². The van der Waals surface area contributed by atoms with Crippen LogP contribution in [0.5, 0.6) is 0 Å². The molecule has 1 amide bonds. The number of hydrogen-bond donors (Lipinski definition) is 1. The number of carbonyl (C=O) groups is 1. The highest BCUT2D eigenvalue weighted by Gasteiger charge is 2.26. The molecule has 1 N–H and O–H groups in total. The van der Waals surface area contributed by atoms with E-state index < -0.39 is 0 Å². The van der Waals surface area contributed by atoms with Gasteiger partial charge in [0, 0.05) is 17.5 Å². The number of aromatic nitrogens is 4. The summed E-state index contributed by atoms with van der Waals surface area (Å²) in [4.78, 5) is 20.8. The van der Waals surface area contributed by atoms with E-state index >= 15 is 0 Å². The zero-order valence-electron chi connectivity index (χ0n) is 14.7. The standard InChI is InChI=1S/C20H21N5O/c1-14-10-22-18(12-21-14)20(26)24-17-8-5-9-19-16(17)11-23-25(19)13-15-6-3-2-4-7-15/h2-4,6-7,10-12,17H,5,8-9,13H2,1H3,(H,24,26). The molecule has 6 nitrogen and oxygen atoms in total. The van der Waals surface area contributed by atoms with Gasteiger partial charge < -0.3 is 5.32 Å². The van der Waals surface area contributed by atoms with E-state index in [1.54, 1.807) is 6.20 Å². The molecule has 26 heavy (non-hydrogen) atoms. The van der Waals surface area contributed by atoms with Crippen molar-refractivity contribution in [3.05, 3.63) is 77.1 Å². The molecule has 1 aromatic carbocycles. The van der Waals surface area contributed by atoms with Crippen LogP contribution in [0.2, 0.25) is 0 Å². The van der Waals surface area contributed by atoms with Crippen molar-refractivity contribution in [2.75, 3.05) is 0 Å². The lowest BCUT2D eigenvalue weighted by Gasteiger charge is -2.24. The number of benzene rings is 1. The first-order chi connectivity index (χ1) is 12.7. The lowest BCUT2D eigenvalue weighted by atomic mass is 9.92. The topological polar surface area (TPSA) is 72.7 Å². The van der Waals surface area contributed by atoms with Crippen LogP contribution in [0.4, 0.5) is 0 Å². The van der Waals surface area contributed by atoms with Crippen LogP contribution in [0, 0.1) is 6.92 Å². The summed E-state index contributed by atoms with van der Waals surface area (Å²) in [6.07, 6.45) is 7.95. The van der Waals surface area contributed by atoms with E-state index in [4.69, 9.17) is 0 Å². The minimum atomic E-state index is -0.189. The van der Waals surface area contributed by atoms with E-state index in [1.807, 2.05) is 31.3 Å². The average molecular weight is 347 g/mol. The second-order valence-corrected chi connectivity index (χ2v) is 6.65.